The van der Waals surface area contributed by atoms with Crippen molar-refractivity contribution in [1.29, 1.82) is 0 Å². The zero-order valence-corrected chi connectivity index (χ0v) is 11.0. The normalized spacial score (nSPS) is 14.4. The predicted octanol–water partition coefficient (Wildman–Crippen LogP) is 3.59. The summed E-state index contributed by atoms with van der Waals surface area (Å²) in [5.41, 5.74) is 0.126. The molecule has 0 saturated carbocycles. The van der Waals surface area contributed by atoms with Gasteiger partial charge in [-0.3, -0.25) is 4.79 Å². The van der Waals surface area contributed by atoms with Crippen LogP contribution in [0, 0.1) is 0 Å². The van der Waals surface area contributed by atoms with E-state index in [1.807, 2.05) is 30.3 Å². The topological polar surface area (TPSA) is 37.3 Å². The maximum absolute atomic E-state index is 11.4. The molecule has 88 valence electrons. The quantitative estimate of drug-likeness (QED) is 0.640. The molecule has 0 amide bonds. The van der Waals surface area contributed by atoms with Gasteiger partial charge in [0.25, 0.3) is 0 Å². The van der Waals surface area contributed by atoms with E-state index in [0.717, 1.165) is 23.7 Å². The Hall–Kier alpha value is -0.830. The Morgan fingerprint density at radius 1 is 1.31 bits per heavy atom. The Morgan fingerprint density at radius 2 is 1.94 bits per heavy atom. The third kappa shape index (κ3) is 3.08. The minimum absolute atomic E-state index is 0.679. The summed E-state index contributed by atoms with van der Waals surface area (Å²) in [5.74, 6) is -0.742. The van der Waals surface area contributed by atoms with Gasteiger partial charge in [0.15, 0.2) is 0 Å². The van der Waals surface area contributed by atoms with Crippen molar-refractivity contribution in [3.8, 4) is 0 Å². The minimum atomic E-state index is -0.760. The molecule has 16 heavy (non-hydrogen) atoms. The van der Waals surface area contributed by atoms with Crippen molar-refractivity contribution in [2.75, 3.05) is 5.33 Å². The van der Waals surface area contributed by atoms with Crippen molar-refractivity contribution in [1.82, 2.24) is 0 Å². The van der Waals surface area contributed by atoms with E-state index in [1.54, 1.807) is 6.92 Å². The molecule has 0 aliphatic rings. The van der Waals surface area contributed by atoms with E-state index in [1.165, 1.54) is 0 Å². The highest BCUT2D eigenvalue weighted by atomic mass is 79.9. The molecule has 0 heterocycles. The first-order valence-electron chi connectivity index (χ1n) is 5.46. The largest absolute Gasteiger partial charge is 0.481 e. The summed E-state index contributed by atoms with van der Waals surface area (Å²) < 4.78 is 0. The van der Waals surface area contributed by atoms with E-state index in [-0.39, 0.29) is 0 Å². The number of unbranched alkanes of at least 4 members (excludes halogenated alkanes) is 1. The number of carboxylic acids is 1. The number of rotatable bonds is 6. The summed E-state index contributed by atoms with van der Waals surface area (Å²) in [5, 5.41) is 10.3. The predicted molar refractivity (Wildman–Crippen MR) is 69.1 cm³/mol. The second kappa shape index (κ2) is 6.04. The zero-order chi connectivity index (χ0) is 12.0. The Morgan fingerprint density at radius 3 is 2.44 bits per heavy atom. The van der Waals surface area contributed by atoms with E-state index in [0.29, 0.717) is 6.42 Å². The smallest absolute Gasteiger partial charge is 0.313 e. The first kappa shape index (κ1) is 13.2. The molecular formula is C13H17BrO2. The maximum Gasteiger partial charge on any atom is 0.313 e. The number of hydrogen-bond donors (Lipinski definition) is 1. The standard InChI is InChI=1S/C13H17BrO2/c1-13(12(15)16,9-5-6-10-14)11-7-3-2-4-8-11/h2-4,7-8H,5-6,9-10H2,1H3,(H,15,16). The number of hydrogen-bond acceptors (Lipinski definition) is 1. The lowest BCUT2D eigenvalue weighted by Gasteiger charge is -2.25. The van der Waals surface area contributed by atoms with Crippen molar-refractivity contribution >= 4 is 21.9 Å². The van der Waals surface area contributed by atoms with Crippen molar-refractivity contribution in [2.45, 2.75) is 31.6 Å². The van der Waals surface area contributed by atoms with Crippen LogP contribution in [0.25, 0.3) is 0 Å². The van der Waals surface area contributed by atoms with Crippen molar-refractivity contribution in [3.05, 3.63) is 35.9 Å². The van der Waals surface area contributed by atoms with Crippen LogP contribution in [0.3, 0.4) is 0 Å². The first-order chi connectivity index (χ1) is 7.61. The van der Waals surface area contributed by atoms with Gasteiger partial charge in [-0.1, -0.05) is 52.7 Å². The lowest BCUT2D eigenvalue weighted by Crippen LogP contribution is -2.32. The number of halogens is 1. The highest BCUT2D eigenvalue weighted by molar-refractivity contribution is 9.09. The number of benzene rings is 1. The van der Waals surface area contributed by atoms with Gasteiger partial charge in [-0.2, -0.15) is 0 Å². The van der Waals surface area contributed by atoms with Crippen LogP contribution in [-0.2, 0) is 10.2 Å². The van der Waals surface area contributed by atoms with Gasteiger partial charge in [0.1, 0.15) is 0 Å². The lowest BCUT2D eigenvalue weighted by molar-refractivity contribution is -0.143. The van der Waals surface area contributed by atoms with E-state index in [4.69, 9.17) is 0 Å². The summed E-state index contributed by atoms with van der Waals surface area (Å²) in [6.07, 6.45) is 2.61. The third-order valence-electron chi connectivity index (χ3n) is 2.94. The fourth-order valence-corrected chi connectivity index (χ4v) is 2.15. The van der Waals surface area contributed by atoms with Gasteiger partial charge in [-0.05, 0) is 25.3 Å². The number of carbonyl (C=O) groups is 1. The maximum atomic E-state index is 11.4. The molecular weight excluding hydrogens is 268 g/mol. The van der Waals surface area contributed by atoms with Gasteiger partial charge < -0.3 is 5.11 Å². The van der Waals surface area contributed by atoms with Gasteiger partial charge in [0, 0.05) is 5.33 Å². The van der Waals surface area contributed by atoms with Gasteiger partial charge in [0.2, 0.25) is 0 Å². The summed E-state index contributed by atoms with van der Waals surface area (Å²) in [4.78, 5) is 11.4. The lowest BCUT2D eigenvalue weighted by atomic mass is 9.78. The molecule has 2 nitrogen and oxygen atoms in total. The zero-order valence-electron chi connectivity index (χ0n) is 9.45. The van der Waals surface area contributed by atoms with Crippen LogP contribution in [0.2, 0.25) is 0 Å². The van der Waals surface area contributed by atoms with Crippen LogP contribution in [-0.4, -0.2) is 16.4 Å². The number of alkyl halides is 1. The van der Waals surface area contributed by atoms with Crippen LogP contribution in [0.1, 0.15) is 31.7 Å². The third-order valence-corrected chi connectivity index (χ3v) is 3.50. The highest BCUT2D eigenvalue weighted by Gasteiger charge is 2.34. The molecule has 3 heteroatoms. The Labute approximate surface area is 105 Å². The van der Waals surface area contributed by atoms with E-state index in [2.05, 4.69) is 15.9 Å². The molecule has 1 aromatic carbocycles. The molecule has 0 radical (unpaired) electrons. The minimum Gasteiger partial charge on any atom is -0.481 e. The molecule has 0 aromatic heterocycles. The van der Waals surface area contributed by atoms with E-state index in [9.17, 15) is 9.90 Å². The Kier molecular flexibility index (Phi) is 5.00. The fourth-order valence-electron chi connectivity index (χ4n) is 1.75. The van der Waals surface area contributed by atoms with Gasteiger partial charge in [0.05, 0.1) is 5.41 Å². The molecule has 1 rings (SSSR count). The summed E-state index contributed by atoms with van der Waals surface area (Å²) in [6, 6.07) is 9.47. The number of aliphatic carboxylic acids is 1. The highest BCUT2D eigenvalue weighted by Crippen LogP contribution is 2.29. The van der Waals surface area contributed by atoms with Crippen LogP contribution >= 0.6 is 15.9 Å². The molecule has 0 aliphatic carbocycles. The fraction of sp³-hybridized carbons (Fsp3) is 0.462. The molecule has 0 saturated heterocycles. The average molecular weight is 285 g/mol. The average Bonchev–Trinajstić information content (AvgIpc) is 2.30. The van der Waals surface area contributed by atoms with Crippen molar-refractivity contribution < 1.29 is 9.90 Å². The second-order valence-electron chi connectivity index (χ2n) is 4.15. The SMILES string of the molecule is CC(CCCCBr)(C(=O)O)c1ccccc1. The Balaban J connectivity index is 2.85. The van der Waals surface area contributed by atoms with Crippen LogP contribution < -0.4 is 0 Å². The summed E-state index contributed by atoms with van der Waals surface area (Å²) in [6.45, 7) is 1.80. The van der Waals surface area contributed by atoms with Gasteiger partial charge >= 0.3 is 5.97 Å². The molecule has 1 atom stereocenters. The van der Waals surface area contributed by atoms with E-state index < -0.39 is 11.4 Å². The van der Waals surface area contributed by atoms with Gasteiger partial charge in [-0.15, -0.1) is 0 Å². The molecule has 0 aliphatic heterocycles. The van der Waals surface area contributed by atoms with Crippen molar-refractivity contribution in [3.63, 3.8) is 0 Å². The van der Waals surface area contributed by atoms with Gasteiger partial charge in [-0.25, -0.2) is 0 Å². The summed E-state index contributed by atoms with van der Waals surface area (Å²) in [7, 11) is 0. The molecule has 0 fully saturated rings. The summed E-state index contributed by atoms with van der Waals surface area (Å²) >= 11 is 3.36. The molecule has 0 spiro atoms. The first-order valence-corrected chi connectivity index (χ1v) is 6.58. The molecule has 1 N–H and O–H groups in total. The second-order valence-corrected chi connectivity index (χ2v) is 4.94. The molecule has 0 bridgehead atoms. The van der Waals surface area contributed by atoms with E-state index >= 15 is 0 Å². The number of carboxylic acid groups (broad SMARTS) is 1. The molecule has 1 aromatic rings. The van der Waals surface area contributed by atoms with Crippen LogP contribution in [0.15, 0.2) is 30.3 Å². The van der Waals surface area contributed by atoms with Crippen LogP contribution in [0.5, 0.6) is 0 Å². The molecule has 1 unspecified atom stereocenters. The Bertz CT molecular complexity index is 337. The van der Waals surface area contributed by atoms with Crippen LogP contribution in [0.4, 0.5) is 0 Å². The monoisotopic (exact) mass is 284 g/mol. The van der Waals surface area contributed by atoms with Crippen molar-refractivity contribution in [2.24, 2.45) is 0 Å².